The molecule has 122 valence electrons. The van der Waals surface area contributed by atoms with Crippen LogP contribution in [-0.2, 0) is 0 Å². The summed E-state index contributed by atoms with van der Waals surface area (Å²) in [7, 11) is 0. The number of aromatic carboxylic acids is 1. The van der Waals surface area contributed by atoms with Crippen molar-refractivity contribution in [2.45, 2.75) is 6.92 Å². The van der Waals surface area contributed by atoms with E-state index in [-0.39, 0.29) is 11.5 Å². The molecule has 1 aromatic heterocycles. The van der Waals surface area contributed by atoms with Gasteiger partial charge >= 0.3 is 5.97 Å². The van der Waals surface area contributed by atoms with Gasteiger partial charge in [-0.15, -0.1) is 0 Å². The summed E-state index contributed by atoms with van der Waals surface area (Å²) in [6.45, 7) is 1.72. The maximum atomic E-state index is 11.8. The zero-order valence-electron chi connectivity index (χ0n) is 13.1. The van der Waals surface area contributed by atoms with Gasteiger partial charge in [0.15, 0.2) is 0 Å². The van der Waals surface area contributed by atoms with Crippen molar-refractivity contribution >= 4 is 28.9 Å². The molecule has 0 unspecified atom stereocenters. The summed E-state index contributed by atoms with van der Waals surface area (Å²) in [4.78, 5) is 22.8. The zero-order chi connectivity index (χ0) is 17.4. The van der Waals surface area contributed by atoms with Crippen LogP contribution in [0.2, 0.25) is 0 Å². The number of carbonyl (C=O) groups is 2. The minimum atomic E-state index is -1.00. The van der Waals surface area contributed by atoms with E-state index in [1.54, 1.807) is 30.5 Å². The highest BCUT2D eigenvalue weighted by Crippen LogP contribution is 2.17. The number of benzene rings is 2. The molecule has 2 aromatic carbocycles. The van der Waals surface area contributed by atoms with Crippen molar-refractivity contribution in [3.05, 3.63) is 88.1 Å². The van der Waals surface area contributed by atoms with Crippen LogP contribution < -0.4 is 5.32 Å². The molecule has 1 heterocycles. The molecule has 24 heavy (non-hydrogen) atoms. The number of carboxylic acids is 1. The van der Waals surface area contributed by atoms with Crippen LogP contribution in [0, 0.1) is 6.92 Å². The van der Waals surface area contributed by atoms with Crippen LogP contribution in [0.15, 0.2) is 71.4 Å². The van der Waals surface area contributed by atoms with Crippen LogP contribution in [0.5, 0.6) is 0 Å². The van der Waals surface area contributed by atoms with Crippen molar-refractivity contribution in [2.75, 3.05) is 5.32 Å². The van der Waals surface area contributed by atoms with Crippen LogP contribution in [0.1, 0.15) is 26.3 Å². The summed E-state index contributed by atoms with van der Waals surface area (Å²) in [6.07, 6.45) is 0. The van der Waals surface area contributed by atoms with Crippen molar-refractivity contribution in [1.29, 1.82) is 0 Å². The minimum Gasteiger partial charge on any atom is -0.478 e. The third-order valence-electron chi connectivity index (χ3n) is 3.18. The first-order valence-corrected chi connectivity index (χ1v) is 8.19. The van der Waals surface area contributed by atoms with Gasteiger partial charge in [-0.2, -0.15) is 11.3 Å². The molecule has 0 aliphatic heterocycles. The summed E-state index contributed by atoms with van der Waals surface area (Å²) in [5.74, 6) is -1.24. The number of hydrogen-bond acceptors (Lipinski definition) is 3. The van der Waals surface area contributed by atoms with E-state index in [0.717, 1.165) is 0 Å². The number of nitrogens with one attached hydrogen (secondary N) is 1. The highest BCUT2D eigenvalue weighted by Gasteiger charge is 2.10. The second kappa shape index (κ2) is 8.64. The van der Waals surface area contributed by atoms with Crippen LogP contribution in [0.3, 0.4) is 0 Å². The number of carboxylic acid groups (broad SMARTS) is 1. The fourth-order valence-corrected chi connectivity index (χ4v) is 2.55. The Hall–Kier alpha value is -2.92. The minimum absolute atomic E-state index is 0.193. The van der Waals surface area contributed by atoms with Crippen molar-refractivity contribution in [1.82, 2.24) is 0 Å². The summed E-state index contributed by atoms with van der Waals surface area (Å²) in [5, 5.41) is 15.2. The van der Waals surface area contributed by atoms with Crippen molar-refractivity contribution < 1.29 is 14.7 Å². The third kappa shape index (κ3) is 5.07. The molecule has 4 nitrogen and oxygen atoms in total. The Morgan fingerprint density at radius 3 is 2.12 bits per heavy atom. The Kier molecular flexibility index (Phi) is 6.28. The molecule has 0 saturated heterocycles. The number of carbonyl (C=O) groups excluding carboxylic acids is 1. The standard InChI is InChI=1S/C13H11NO3S.C6H6/c1-8-2-3-10(6-11(8)13(16)17)14-12(15)9-4-5-18-7-9;1-2-4-6-5-3-1/h2-7H,1H3,(H,14,15)(H,16,17);1-6H. The average Bonchev–Trinajstić information content (AvgIpc) is 3.13. The van der Waals surface area contributed by atoms with E-state index in [1.165, 1.54) is 17.4 Å². The van der Waals surface area contributed by atoms with Gasteiger partial charge in [-0.1, -0.05) is 42.5 Å². The first-order valence-electron chi connectivity index (χ1n) is 7.25. The maximum absolute atomic E-state index is 11.8. The fraction of sp³-hybridized carbons (Fsp3) is 0.0526. The number of hydrogen-bond donors (Lipinski definition) is 2. The molecule has 3 aromatic rings. The van der Waals surface area contributed by atoms with E-state index >= 15 is 0 Å². The molecule has 0 atom stereocenters. The Morgan fingerprint density at radius 1 is 1.00 bits per heavy atom. The Morgan fingerprint density at radius 2 is 1.62 bits per heavy atom. The van der Waals surface area contributed by atoms with E-state index in [1.807, 2.05) is 41.8 Å². The van der Waals surface area contributed by atoms with E-state index < -0.39 is 5.97 Å². The van der Waals surface area contributed by atoms with E-state index in [0.29, 0.717) is 16.8 Å². The summed E-state index contributed by atoms with van der Waals surface area (Å²) in [5.41, 5.74) is 1.90. The lowest BCUT2D eigenvalue weighted by Crippen LogP contribution is -2.11. The van der Waals surface area contributed by atoms with Crippen molar-refractivity contribution in [3.63, 3.8) is 0 Å². The van der Waals surface area contributed by atoms with Crippen LogP contribution >= 0.6 is 11.3 Å². The smallest absolute Gasteiger partial charge is 0.336 e. The van der Waals surface area contributed by atoms with Gasteiger partial charge < -0.3 is 10.4 Å². The SMILES string of the molecule is Cc1ccc(NC(=O)c2ccsc2)cc1C(=O)O.c1ccccc1. The summed E-state index contributed by atoms with van der Waals surface area (Å²) >= 11 is 1.43. The van der Waals surface area contributed by atoms with E-state index in [2.05, 4.69) is 5.32 Å². The molecule has 5 heteroatoms. The quantitative estimate of drug-likeness (QED) is 0.727. The Balaban J connectivity index is 0.000000292. The van der Waals surface area contributed by atoms with Crippen LogP contribution in [0.25, 0.3) is 0 Å². The van der Waals surface area contributed by atoms with Gasteiger partial charge in [0.25, 0.3) is 5.91 Å². The molecule has 2 N–H and O–H groups in total. The largest absolute Gasteiger partial charge is 0.478 e. The van der Waals surface area contributed by atoms with E-state index in [4.69, 9.17) is 5.11 Å². The molecule has 1 amide bonds. The lowest BCUT2D eigenvalue weighted by molar-refractivity contribution is 0.0695. The molecule has 0 saturated carbocycles. The first kappa shape index (κ1) is 17.4. The third-order valence-corrected chi connectivity index (χ3v) is 3.86. The lowest BCUT2D eigenvalue weighted by Gasteiger charge is -2.06. The normalized spacial score (nSPS) is 9.54. The molecular weight excluding hydrogens is 322 g/mol. The predicted octanol–water partition coefficient (Wildman–Crippen LogP) is 4.69. The van der Waals surface area contributed by atoms with Gasteiger partial charge in [0.2, 0.25) is 0 Å². The van der Waals surface area contributed by atoms with Gasteiger partial charge in [-0.25, -0.2) is 4.79 Å². The number of rotatable bonds is 3. The zero-order valence-corrected chi connectivity index (χ0v) is 13.9. The summed E-state index contributed by atoms with van der Waals surface area (Å²) in [6, 6.07) is 18.5. The van der Waals surface area contributed by atoms with Gasteiger partial charge in [-0.3, -0.25) is 4.79 Å². The average molecular weight is 339 g/mol. The maximum Gasteiger partial charge on any atom is 0.336 e. The van der Waals surface area contributed by atoms with Gasteiger partial charge in [0.1, 0.15) is 0 Å². The number of amides is 1. The molecular formula is C19H17NO3S. The molecule has 0 radical (unpaired) electrons. The Bertz CT molecular complexity index is 772. The van der Waals surface area contributed by atoms with Crippen LogP contribution in [0.4, 0.5) is 5.69 Å². The molecule has 0 spiro atoms. The van der Waals surface area contributed by atoms with Crippen molar-refractivity contribution in [3.8, 4) is 0 Å². The molecule has 0 aliphatic carbocycles. The molecule has 3 rings (SSSR count). The van der Waals surface area contributed by atoms with Crippen LogP contribution in [-0.4, -0.2) is 17.0 Å². The van der Waals surface area contributed by atoms with Gasteiger partial charge in [0.05, 0.1) is 11.1 Å². The molecule has 0 bridgehead atoms. The second-order valence-electron chi connectivity index (χ2n) is 4.96. The Labute approximate surface area is 144 Å². The highest BCUT2D eigenvalue weighted by molar-refractivity contribution is 7.08. The van der Waals surface area contributed by atoms with E-state index in [9.17, 15) is 9.59 Å². The van der Waals surface area contributed by atoms with Gasteiger partial charge in [0, 0.05) is 11.1 Å². The molecule has 0 aliphatic rings. The number of aryl methyl sites for hydroxylation is 1. The van der Waals surface area contributed by atoms with Crippen molar-refractivity contribution in [2.24, 2.45) is 0 Å². The number of thiophene rings is 1. The summed E-state index contributed by atoms with van der Waals surface area (Å²) < 4.78 is 0. The predicted molar refractivity (Wildman–Crippen MR) is 96.9 cm³/mol. The topological polar surface area (TPSA) is 66.4 Å². The first-order chi connectivity index (χ1) is 11.6. The monoisotopic (exact) mass is 339 g/mol. The highest BCUT2D eigenvalue weighted by atomic mass is 32.1. The number of anilines is 1. The van der Waals surface area contributed by atoms with Gasteiger partial charge in [-0.05, 0) is 36.1 Å². The molecule has 0 fully saturated rings. The fourth-order valence-electron chi connectivity index (χ4n) is 1.91. The lowest BCUT2D eigenvalue weighted by atomic mass is 10.1. The second-order valence-corrected chi connectivity index (χ2v) is 5.74.